The number of ether oxygens (including phenoxy) is 2. The maximum atomic E-state index is 5.44. The van der Waals surface area contributed by atoms with Gasteiger partial charge in [0.1, 0.15) is 11.5 Å². The molecule has 3 heteroatoms. The lowest BCUT2D eigenvalue weighted by atomic mass is 10.00. The summed E-state index contributed by atoms with van der Waals surface area (Å²) < 4.78 is 10.8. The van der Waals surface area contributed by atoms with Crippen LogP contribution in [0.3, 0.4) is 0 Å². The molecule has 0 aliphatic rings. The van der Waals surface area contributed by atoms with Crippen molar-refractivity contribution in [1.29, 1.82) is 0 Å². The van der Waals surface area contributed by atoms with Crippen molar-refractivity contribution in [2.24, 2.45) is 0 Å². The van der Waals surface area contributed by atoms with Crippen LogP contribution in [0.1, 0.15) is 11.1 Å². The summed E-state index contributed by atoms with van der Waals surface area (Å²) in [4.78, 5) is 4.80. The second kappa shape index (κ2) is 5.68. The van der Waals surface area contributed by atoms with Crippen molar-refractivity contribution in [2.75, 3.05) is 14.2 Å². The molecule has 0 fully saturated rings. The number of hydrogen-bond acceptors (Lipinski definition) is 3. The van der Waals surface area contributed by atoms with Crippen LogP contribution in [0, 0.1) is 13.8 Å². The molecule has 1 aromatic heterocycles. The molecular formula is C19H19NO2. The molecule has 3 rings (SSSR count). The van der Waals surface area contributed by atoms with Crippen molar-refractivity contribution < 1.29 is 9.47 Å². The fourth-order valence-corrected chi connectivity index (χ4v) is 2.64. The smallest absolute Gasteiger partial charge is 0.131 e. The molecule has 112 valence electrons. The van der Waals surface area contributed by atoms with E-state index in [0.717, 1.165) is 33.7 Å². The number of aryl methyl sites for hydroxylation is 1. The maximum absolute atomic E-state index is 5.44. The van der Waals surface area contributed by atoms with Crippen LogP contribution >= 0.6 is 0 Å². The summed E-state index contributed by atoms with van der Waals surface area (Å²) in [5, 5.41) is 0.984. The number of benzene rings is 2. The standard InChI is InChI=1S/C19H19NO2/c1-12-6-5-7-15(13(12)2)17-9-8-16-18(20-17)10-14(21-3)11-19(16)22-4/h5-11H,1-4H3. The van der Waals surface area contributed by atoms with Gasteiger partial charge in [0.05, 0.1) is 25.4 Å². The fraction of sp³-hybridized carbons (Fsp3) is 0.211. The molecule has 0 unspecified atom stereocenters. The van der Waals surface area contributed by atoms with Gasteiger partial charge in [-0.2, -0.15) is 0 Å². The van der Waals surface area contributed by atoms with Gasteiger partial charge in [0.25, 0.3) is 0 Å². The number of pyridine rings is 1. The Morgan fingerprint density at radius 1 is 0.909 bits per heavy atom. The summed E-state index contributed by atoms with van der Waals surface area (Å²) in [6.45, 7) is 4.24. The summed E-state index contributed by atoms with van der Waals surface area (Å²) in [5.41, 5.74) is 5.51. The second-order valence-electron chi connectivity index (χ2n) is 5.34. The number of aromatic nitrogens is 1. The van der Waals surface area contributed by atoms with Gasteiger partial charge in [0.15, 0.2) is 0 Å². The van der Waals surface area contributed by atoms with Crippen LogP contribution in [0.15, 0.2) is 42.5 Å². The van der Waals surface area contributed by atoms with E-state index in [2.05, 4.69) is 38.1 Å². The van der Waals surface area contributed by atoms with E-state index >= 15 is 0 Å². The molecule has 2 aromatic carbocycles. The highest BCUT2D eigenvalue weighted by molar-refractivity contribution is 5.89. The van der Waals surface area contributed by atoms with Crippen LogP contribution in [0.2, 0.25) is 0 Å². The number of rotatable bonds is 3. The van der Waals surface area contributed by atoms with Crippen molar-refractivity contribution in [2.45, 2.75) is 13.8 Å². The van der Waals surface area contributed by atoms with Gasteiger partial charge < -0.3 is 9.47 Å². The Morgan fingerprint density at radius 2 is 1.73 bits per heavy atom. The van der Waals surface area contributed by atoms with E-state index in [1.807, 2.05) is 18.2 Å². The lowest BCUT2D eigenvalue weighted by Crippen LogP contribution is -1.93. The fourth-order valence-electron chi connectivity index (χ4n) is 2.64. The molecule has 0 aliphatic heterocycles. The average molecular weight is 293 g/mol. The summed E-state index contributed by atoms with van der Waals surface area (Å²) in [6, 6.07) is 14.2. The van der Waals surface area contributed by atoms with E-state index in [0.29, 0.717) is 0 Å². The molecule has 0 N–H and O–H groups in total. The van der Waals surface area contributed by atoms with Gasteiger partial charge in [-0.25, -0.2) is 4.98 Å². The average Bonchev–Trinajstić information content (AvgIpc) is 2.55. The Kier molecular flexibility index (Phi) is 3.72. The van der Waals surface area contributed by atoms with Crippen LogP contribution < -0.4 is 9.47 Å². The lowest BCUT2D eigenvalue weighted by molar-refractivity contribution is 0.398. The van der Waals surface area contributed by atoms with Gasteiger partial charge in [0.2, 0.25) is 0 Å². The summed E-state index contributed by atoms with van der Waals surface area (Å²) in [7, 11) is 3.31. The van der Waals surface area contributed by atoms with Gasteiger partial charge in [-0.3, -0.25) is 0 Å². The predicted octanol–water partition coefficient (Wildman–Crippen LogP) is 4.54. The van der Waals surface area contributed by atoms with E-state index < -0.39 is 0 Å². The quantitative estimate of drug-likeness (QED) is 0.710. The van der Waals surface area contributed by atoms with E-state index in [9.17, 15) is 0 Å². The van der Waals surface area contributed by atoms with E-state index in [-0.39, 0.29) is 0 Å². The first-order valence-corrected chi connectivity index (χ1v) is 7.23. The summed E-state index contributed by atoms with van der Waals surface area (Å²) >= 11 is 0. The third kappa shape index (κ3) is 2.39. The number of fused-ring (bicyclic) bond motifs is 1. The third-order valence-corrected chi connectivity index (χ3v) is 4.08. The molecule has 0 bridgehead atoms. The molecule has 22 heavy (non-hydrogen) atoms. The van der Waals surface area contributed by atoms with Crippen LogP contribution in [0.25, 0.3) is 22.2 Å². The molecular weight excluding hydrogens is 274 g/mol. The largest absolute Gasteiger partial charge is 0.497 e. The molecule has 0 spiro atoms. The van der Waals surface area contributed by atoms with Crippen molar-refractivity contribution in [1.82, 2.24) is 4.98 Å². The highest BCUT2D eigenvalue weighted by Crippen LogP contribution is 2.32. The van der Waals surface area contributed by atoms with Gasteiger partial charge >= 0.3 is 0 Å². The minimum Gasteiger partial charge on any atom is -0.497 e. The van der Waals surface area contributed by atoms with Gasteiger partial charge in [-0.15, -0.1) is 0 Å². The molecule has 0 aliphatic carbocycles. The second-order valence-corrected chi connectivity index (χ2v) is 5.34. The van der Waals surface area contributed by atoms with E-state index in [4.69, 9.17) is 14.5 Å². The van der Waals surface area contributed by atoms with Gasteiger partial charge in [-0.05, 0) is 37.1 Å². The van der Waals surface area contributed by atoms with Crippen molar-refractivity contribution in [3.8, 4) is 22.8 Å². The first-order chi connectivity index (χ1) is 10.6. The van der Waals surface area contributed by atoms with E-state index in [1.54, 1.807) is 14.2 Å². The first-order valence-electron chi connectivity index (χ1n) is 7.23. The molecule has 0 saturated heterocycles. The highest BCUT2D eigenvalue weighted by Gasteiger charge is 2.10. The zero-order valence-corrected chi connectivity index (χ0v) is 13.3. The van der Waals surface area contributed by atoms with Crippen molar-refractivity contribution in [3.05, 3.63) is 53.6 Å². The first kappa shape index (κ1) is 14.4. The molecule has 3 nitrogen and oxygen atoms in total. The Bertz CT molecular complexity index is 840. The molecule has 0 atom stereocenters. The summed E-state index contributed by atoms with van der Waals surface area (Å²) in [6.07, 6.45) is 0. The van der Waals surface area contributed by atoms with Crippen molar-refractivity contribution in [3.63, 3.8) is 0 Å². The van der Waals surface area contributed by atoms with E-state index in [1.165, 1.54) is 11.1 Å². The van der Waals surface area contributed by atoms with Crippen LogP contribution in [0.4, 0.5) is 0 Å². The Balaban J connectivity index is 2.23. The minimum atomic E-state index is 0.745. The van der Waals surface area contributed by atoms with Crippen LogP contribution in [-0.2, 0) is 0 Å². The van der Waals surface area contributed by atoms with Gasteiger partial charge in [-0.1, -0.05) is 18.2 Å². The monoisotopic (exact) mass is 293 g/mol. The SMILES string of the molecule is COc1cc(OC)c2ccc(-c3cccc(C)c3C)nc2c1. The third-order valence-electron chi connectivity index (χ3n) is 4.08. The zero-order chi connectivity index (χ0) is 15.7. The summed E-state index contributed by atoms with van der Waals surface area (Å²) in [5.74, 6) is 1.52. The number of nitrogens with zero attached hydrogens (tertiary/aromatic N) is 1. The van der Waals surface area contributed by atoms with Gasteiger partial charge in [0, 0.05) is 23.1 Å². The predicted molar refractivity (Wildman–Crippen MR) is 89.8 cm³/mol. The highest BCUT2D eigenvalue weighted by atomic mass is 16.5. The maximum Gasteiger partial charge on any atom is 0.131 e. The van der Waals surface area contributed by atoms with Crippen LogP contribution in [0.5, 0.6) is 11.5 Å². The number of methoxy groups -OCH3 is 2. The zero-order valence-electron chi connectivity index (χ0n) is 13.3. The molecule has 0 radical (unpaired) electrons. The lowest BCUT2D eigenvalue weighted by Gasteiger charge is -2.11. The Hall–Kier alpha value is -2.55. The van der Waals surface area contributed by atoms with Crippen LogP contribution in [-0.4, -0.2) is 19.2 Å². The normalized spacial score (nSPS) is 10.7. The Morgan fingerprint density at radius 3 is 2.45 bits per heavy atom. The molecule has 3 aromatic rings. The Labute approximate surface area is 130 Å². The minimum absolute atomic E-state index is 0.745. The molecule has 0 saturated carbocycles. The number of hydrogen-bond donors (Lipinski definition) is 0. The topological polar surface area (TPSA) is 31.4 Å². The molecule has 0 amide bonds. The van der Waals surface area contributed by atoms with Crippen molar-refractivity contribution >= 4 is 10.9 Å². The molecule has 1 heterocycles.